The Labute approximate surface area is 161 Å². The minimum absolute atomic E-state index is 0.0693. The number of hydrogen-bond acceptors (Lipinski definition) is 6. The number of benzene rings is 1. The number of esters is 1. The lowest BCUT2D eigenvalue weighted by atomic mass is 10.1. The van der Waals surface area contributed by atoms with E-state index in [1.807, 2.05) is 31.2 Å². The molecule has 3 N–H and O–H groups in total. The minimum Gasteiger partial charge on any atom is -0.467 e. The first-order valence-electron chi connectivity index (χ1n) is 9.10. The number of ether oxygens (including phenoxy) is 1. The molecule has 0 bridgehead atoms. The highest BCUT2D eigenvalue weighted by Gasteiger charge is 2.22. The van der Waals surface area contributed by atoms with Crippen LogP contribution >= 0.6 is 0 Å². The zero-order chi connectivity index (χ0) is 19.8. The minimum atomic E-state index is -0.552. The number of para-hydroxylation sites is 1. The van der Waals surface area contributed by atoms with Crippen molar-refractivity contribution in [1.82, 2.24) is 20.3 Å². The van der Waals surface area contributed by atoms with Gasteiger partial charge in [0.1, 0.15) is 17.4 Å². The molecule has 1 aliphatic rings. The molecule has 28 heavy (non-hydrogen) atoms. The second-order valence-electron chi connectivity index (χ2n) is 6.80. The van der Waals surface area contributed by atoms with Crippen molar-refractivity contribution in [3.8, 4) is 11.3 Å². The SMILES string of the molecule is COC(=O)[C@H](C)Nc1nc2c(-c3cc4c([nH]3)CCNC4=O)cccc2nc1C. The molecule has 8 heteroatoms. The monoisotopic (exact) mass is 379 g/mol. The molecule has 2 aromatic heterocycles. The Bertz CT molecular complexity index is 1090. The summed E-state index contributed by atoms with van der Waals surface area (Å²) in [6.07, 6.45) is 0.764. The first kappa shape index (κ1) is 18.0. The first-order valence-corrected chi connectivity index (χ1v) is 9.10. The average Bonchev–Trinajstić information content (AvgIpc) is 3.13. The van der Waals surface area contributed by atoms with Gasteiger partial charge < -0.3 is 20.4 Å². The second-order valence-corrected chi connectivity index (χ2v) is 6.80. The average molecular weight is 379 g/mol. The molecule has 144 valence electrons. The van der Waals surface area contributed by atoms with Crippen LogP contribution < -0.4 is 10.6 Å². The summed E-state index contributed by atoms with van der Waals surface area (Å²) in [5, 5.41) is 5.92. The highest BCUT2D eigenvalue weighted by atomic mass is 16.5. The zero-order valence-corrected chi connectivity index (χ0v) is 15.9. The third kappa shape index (κ3) is 3.06. The van der Waals surface area contributed by atoms with Crippen LogP contribution in [0, 0.1) is 6.92 Å². The molecule has 4 rings (SSSR count). The van der Waals surface area contributed by atoms with Crippen LogP contribution in [0.5, 0.6) is 0 Å². The van der Waals surface area contributed by atoms with Crippen molar-refractivity contribution in [2.75, 3.05) is 19.0 Å². The van der Waals surface area contributed by atoms with E-state index in [0.717, 1.165) is 28.9 Å². The van der Waals surface area contributed by atoms with Crippen LogP contribution in [0.2, 0.25) is 0 Å². The smallest absolute Gasteiger partial charge is 0.328 e. The van der Waals surface area contributed by atoms with E-state index in [9.17, 15) is 9.59 Å². The molecule has 3 heterocycles. The second kappa shape index (κ2) is 6.95. The van der Waals surface area contributed by atoms with E-state index in [1.54, 1.807) is 6.92 Å². The lowest BCUT2D eigenvalue weighted by molar-refractivity contribution is -0.141. The van der Waals surface area contributed by atoms with Gasteiger partial charge in [-0.05, 0) is 26.0 Å². The molecule has 1 aromatic carbocycles. The summed E-state index contributed by atoms with van der Waals surface area (Å²) in [7, 11) is 1.35. The number of nitrogens with zero attached hydrogens (tertiary/aromatic N) is 2. The third-order valence-corrected chi connectivity index (χ3v) is 4.87. The van der Waals surface area contributed by atoms with Gasteiger partial charge in [0.25, 0.3) is 5.91 Å². The maximum absolute atomic E-state index is 12.1. The van der Waals surface area contributed by atoms with Crippen LogP contribution in [0.4, 0.5) is 5.82 Å². The highest BCUT2D eigenvalue weighted by Crippen LogP contribution is 2.30. The molecule has 0 unspecified atom stereocenters. The third-order valence-electron chi connectivity index (χ3n) is 4.87. The number of amides is 1. The molecule has 1 aliphatic heterocycles. The van der Waals surface area contributed by atoms with Crippen molar-refractivity contribution in [2.45, 2.75) is 26.3 Å². The molecule has 3 aromatic rings. The fraction of sp³-hybridized carbons (Fsp3) is 0.300. The molecule has 0 aliphatic carbocycles. The van der Waals surface area contributed by atoms with Crippen molar-refractivity contribution in [3.63, 3.8) is 0 Å². The van der Waals surface area contributed by atoms with E-state index in [-0.39, 0.29) is 11.9 Å². The summed E-state index contributed by atoms with van der Waals surface area (Å²) in [6, 6.07) is 7.04. The Balaban J connectivity index is 1.80. The molecule has 0 radical (unpaired) electrons. The first-order chi connectivity index (χ1) is 13.5. The van der Waals surface area contributed by atoms with Gasteiger partial charge in [-0.15, -0.1) is 0 Å². The van der Waals surface area contributed by atoms with Gasteiger partial charge in [0.15, 0.2) is 0 Å². The van der Waals surface area contributed by atoms with E-state index < -0.39 is 6.04 Å². The van der Waals surface area contributed by atoms with Gasteiger partial charge in [0, 0.05) is 29.9 Å². The number of nitrogens with one attached hydrogen (secondary N) is 3. The number of H-pyrrole nitrogens is 1. The van der Waals surface area contributed by atoms with Crippen molar-refractivity contribution >= 4 is 28.7 Å². The molecule has 1 atom stereocenters. The quantitative estimate of drug-likeness (QED) is 0.600. The molecular formula is C20H21N5O3. The van der Waals surface area contributed by atoms with Crippen molar-refractivity contribution in [1.29, 1.82) is 0 Å². The van der Waals surface area contributed by atoms with Crippen LogP contribution in [0.15, 0.2) is 24.3 Å². The van der Waals surface area contributed by atoms with E-state index in [2.05, 4.69) is 20.6 Å². The van der Waals surface area contributed by atoms with Crippen LogP contribution in [-0.4, -0.2) is 46.5 Å². The summed E-state index contributed by atoms with van der Waals surface area (Å²) in [6.45, 7) is 4.17. The van der Waals surface area contributed by atoms with Crippen molar-refractivity contribution in [3.05, 3.63) is 41.2 Å². The lowest BCUT2D eigenvalue weighted by Crippen LogP contribution is -2.31. The molecule has 0 saturated carbocycles. The zero-order valence-electron chi connectivity index (χ0n) is 15.9. The Hall–Kier alpha value is -3.42. The normalized spacial score (nSPS) is 14.3. The number of aryl methyl sites for hydroxylation is 1. The molecule has 0 spiro atoms. The van der Waals surface area contributed by atoms with Gasteiger partial charge in [-0.1, -0.05) is 12.1 Å². The van der Waals surface area contributed by atoms with Gasteiger partial charge in [0.2, 0.25) is 0 Å². The Morgan fingerprint density at radius 1 is 1.29 bits per heavy atom. The summed E-state index contributed by atoms with van der Waals surface area (Å²) in [5.74, 6) is 0.0738. The van der Waals surface area contributed by atoms with E-state index >= 15 is 0 Å². The number of aromatic amines is 1. The van der Waals surface area contributed by atoms with Crippen molar-refractivity contribution in [2.24, 2.45) is 0 Å². The Kier molecular flexibility index (Phi) is 4.46. The Morgan fingerprint density at radius 3 is 2.86 bits per heavy atom. The number of carbonyl (C=O) groups excluding carboxylic acids is 2. The van der Waals surface area contributed by atoms with E-state index in [4.69, 9.17) is 9.72 Å². The van der Waals surface area contributed by atoms with Crippen LogP contribution in [0.3, 0.4) is 0 Å². The topological polar surface area (TPSA) is 109 Å². The maximum Gasteiger partial charge on any atom is 0.328 e. The maximum atomic E-state index is 12.1. The number of methoxy groups -OCH3 is 1. The summed E-state index contributed by atoms with van der Waals surface area (Å²) in [4.78, 5) is 36.5. The number of fused-ring (bicyclic) bond motifs is 2. The fourth-order valence-corrected chi connectivity index (χ4v) is 3.40. The predicted molar refractivity (Wildman–Crippen MR) is 105 cm³/mol. The van der Waals surface area contributed by atoms with E-state index in [1.165, 1.54) is 7.11 Å². The Morgan fingerprint density at radius 2 is 2.11 bits per heavy atom. The molecule has 1 amide bonds. The summed E-state index contributed by atoms with van der Waals surface area (Å²) < 4.78 is 4.77. The number of carbonyl (C=O) groups is 2. The molecule has 8 nitrogen and oxygen atoms in total. The van der Waals surface area contributed by atoms with Gasteiger partial charge in [-0.25, -0.2) is 14.8 Å². The largest absolute Gasteiger partial charge is 0.467 e. The van der Waals surface area contributed by atoms with Crippen LogP contribution in [0.1, 0.15) is 28.7 Å². The standard InChI is InChI=1S/C20H21N5O3/c1-10-18(23-11(2)20(27)28-3)25-17-12(5-4-6-15(17)22-10)16-9-13-14(24-16)7-8-21-19(13)26/h4-6,9,11,24H,7-8H2,1-3H3,(H,21,26)(H,23,25)/t11-/m0/s1. The number of aromatic nitrogens is 3. The molecular weight excluding hydrogens is 358 g/mol. The number of anilines is 1. The number of rotatable bonds is 4. The van der Waals surface area contributed by atoms with Gasteiger partial charge in [-0.2, -0.15) is 0 Å². The van der Waals surface area contributed by atoms with E-state index in [0.29, 0.717) is 29.1 Å². The summed E-state index contributed by atoms with van der Waals surface area (Å²) >= 11 is 0. The van der Waals surface area contributed by atoms with Gasteiger partial charge in [-0.3, -0.25) is 4.79 Å². The number of hydrogen-bond donors (Lipinski definition) is 3. The van der Waals surface area contributed by atoms with Crippen LogP contribution in [0.25, 0.3) is 22.3 Å². The molecule has 0 fully saturated rings. The van der Waals surface area contributed by atoms with Crippen molar-refractivity contribution < 1.29 is 14.3 Å². The predicted octanol–water partition coefficient (Wildman–Crippen LogP) is 2.19. The van der Waals surface area contributed by atoms with Gasteiger partial charge in [0.05, 0.1) is 23.9 Å². The highest BCUT2D eigenvalue weighted by molar-refractivity contribution is 5.99. The summed E-state index contributed by atoms with van der Waals surface area (Å²) in [5.41, 5.74) is 5.36. The fourth-order valence-electron chi connectivity index (χ4n) is 3.40. The lowest BCUT2D eigenvalue weighted by Gasteiger charge is -2.15. The van der Waals surface area contributed by atoms with Crippen LogP contribution in [-0.2, 0) is 16.0 Å². The van der Waals surface area contributed by atoms with Gasteiger partial charge >= 0.3 is 5.97 Å². The molecule has 0 saturated heterocycles.